The first-order valence-electron chi connectivity index (χ1n) is 8.31. The standard InChI is InChI=1S/C18H20ClN3O3S/c1-10-11(2)26-15(21-10)7-8-20-18(24)17-16(22-14(23)9-25-17)12-5-3-4-6-13(12)19/h3-6,16-17H,7-9H2,1-2H3,(H,20,24)(H,22,23)/t16-,17+/m1/s1. The second-order valence-electron chi connectivity index (χ2n) is 6.09. The van der Waals surface area contributed by atoms with Crippen molar-refractivity contribution in [3.05, 3.63) is 50.4 Å². The van der Waals surface area contributed by atoms with Gasteiger partial charge >= 0.3 is 0 Å². The highest BCUT2D eigenvalue weighted by Crippen LogP contribution is 2.28. The van der Waals surface area contributed by atoms with E-state index in [9.17, 15) is 9.59 Å². The first kappa shape index (κ1) is 18.8. The van der Waals surface area contributed by atoms with Gasteiger partial charge in [0.2, 0.25) is 5.91 Å². The monoisotopic (exact) mass is 393 g/mol. The zero-order valence-electron chi connectivity index (χ0n) is 14.5. The molecule has 8 heteroatoms. The molecule has 0 aliphatic carbocycles. The molecule has 0 unspecified atom stereocenters. The summed E-state index contributed by atoms with van der Waals surface area (Å²) in [6, 6.07) is 6.49. The Balaban J connectivity index is 1.66. The predicted octanol–water partition coefficient (Wildman–Crippen LogP) is 2.33. The van der Waals surface area contributed by atoms with Crippen molar-refractivity contribution in [2.45, 2.75) is 32.4 Å². The summed E-state index contributed by atoms with van der Waals surface area (Å²) in [5, 5.41) is 7.14. The molecule has 1 aromatic heterocycles. The highest BCUT2D eigenvalue weighted by Gasteiger charge is 2.36. The number of halogens is 1. The molecule has 1 aromatic carbocycles. The molecule has 6 nitrogen and oxygen atoms in total. The van der Waals surface area contributed by atoms with E-state index in [1.807, 2.05) is 19.9 Å². The largest absolute Gasteiger partial charge is 0.356 e. The third kappa shape index (κ3) is 4.23. The van der Waals surface area contributed by atoms with E-state index in [1.54, 1.807) is 29.5 Å². The molecule has 1 saturated heterocycles. The Morgan fingerprint density at radius 3 is 2.88 bits per heavy atom. The summed E-state index contributed by atoms with van der Waals surface area (Å²) in [6.45, 7) is 4.31. The van der Waals surface area contributed by atoms with E-state index in [-0.39, 0.29) is 18.4 Å². The van der Waals surface area contributed by atoms with Crippen LogP contribution in [0.4, 0.5) is 0 Å². The van der Waals surface area contributed by atoms with Crippen LogP contribution in [0, 0.1) is 13.8 Å². The van der Waals surface area contributed by atoms with Gasteiger partial charge in [0, 0.05) is 22.9 Å². The van der Waals surface area contributed by atoms with Crippen LogP contribution in [-0.4, -0.2) is 36.1 Å². The van der Waals surface area contributed by atoms with Crippen molar-refractivity contribution in [3.8, 4) is 0 Å². The van der Waals surface area contributed by atoms with Crippen LogP contribution in [0.25, 0.3) is 0 Å². The van der Waals surface area contributed by atoms with E-state index >= 15 is 0 Å². The number of nitrogens with one attached hydrogen (secondary N) is 2. The van der Waals surface area contributed by atoms with Crippen LogP contribution in [0.5, 0.6) is 0 Å². The van der Waals surface area contributed by atoms with E-state index in [2.05, 4.69) is 15.6 Å². The van der Waals surface area contributed by atoms with Gasteiger partial charge in [0.25, 0.3) is 5.91 Å². The van der Waals surface area contributed by atoms with Crippen molar-refractivity contribution in [3.63, 3.8) is 0 Å². The van der Waals surface area contributed by atoms with Gasteiger partial charge in [-0.2, -0.15) is 0 Å². The van der Waals surface area contributed by atoms with Crippen molar-refractivity contribution in [1.29, 1.82) is 0 Å². The van der Waals surface area contributed by atoms with Crippen LogP contribution in [0.2, 0.25) is 5.02 Å². The maximum Gasteiger partial charge on any atom is 0.251 e. The molecule has 2 atom stereocenters. The summed E-state index contributed by atoms with van der Waals surface area (Å²) < 4.78 is 5.50. The van der Waals surface area contributed by atoms with Gasteiger partial charge in [0.1, 0.15) is 6.61 Å². The van der Waals surface area contributed by atoms with Crippen LogP contribution in [0.3, 0.4) is 0 Å². The lowest BCUT2D eigenvalue weighted by Gasteiger charge is -2.32. The number of morpholine rings is 1. The van der Waals surface area contributed by atoms with Crippen molar-refractivity contribution in [2.24, 2.45) is 0 Å². The molecular formula is C18H20ClN3O3S. The van der Waals surface area contributed by atoms with Crippen LogP contribution in [0.1, 0.15) is 27.2 Å². The molecule has 26 heavy (non-hydrogen) atoms. The van der Waals surface area contributed by atoms with Crippen LogP contribution >= 0.6 is 22.9 Å². The van der Waals surface area contributed by atoms with Crippen LogP contribution in [0.15, 0.2) is 24.3 Å². The fourth-order valence-corrected chi connectivity index (χ4v) is 3.97. The molecule has 0 saturated carbocycles. The first-order chi connectivity index (χ1) is 12.5. The number of amides is 2. The number of nitrogens with zero attached hydrogens (tertiary/aromatic N) is 1. The molecule has 1 fully saturated rings. The van der Waals surface area contributed by atoms with Crippen molar-refractivity contribution >= 4 is 34.8 Å². The van der Waals surface area contributed by atoms with E-state index in [1.165, 1.54) is 4.88 Å². The van der Waals surface area contributed by atoms with Gasteiger partial charge in [-0.25, -0.2) is 4.98 Å². The number of carbonyl (C=O) groups is 2. The number of aromatic nitrogens is 1. The zero-order chi connectivity index (χ0) is 18.7. The SMILES string of the molecule is Cc1nc(CCNC(=O)[C@H]2OCC(=O)N[C@@H]2c2ccccc2Cl)sc1C. The minimum absolute atomic E-state index is 0.149. The fraction of sp³-hybridized carbons (Fsp3) is 0.389. The molecule has 2 amide bonds. The molecule has 0 bridgehead atoms. The lowest BCUT2D eigenvalue weighted by molar-refractivity contribution is -0.148. The number of carbonyl (C=O) groups excluding carboxylic acids is 2. The Morgan fingerprint density at radius 2 is 2.19 bits per heavy atom. The Bertz CT molecular complexity index is 804. The molecule has 0 spiro atoms. The summed E-state index contributed by atoms with van der Waals surface area (Å²) in [5.74, 6) is -0.548. The number of thiazole rings is 1. The second kappa shape index (κ2) is 8.16. The zero-order valence-corrected chi connectivity index (χ0v) is 16.1. The minimum atomic E-state index is -0.827. The van der Waals surface area contributed by atoms with Gasteiger partial charge in [0.05, 0.1) is 16.7 Å². The maximum atomic E-state index is 12.6. The summed E-state index contributed by atoms with van der Waals surface area (Å²) >= 11 is 7.86. The van der Waals surface area contributed by atoms with E-state index in [0.717, 1.165) is 10.7 Å². The van der Waals surface area contributed by atoms with Crippen molar-refractivity contribution in [1.82, 2.24) is 15.6 Å². The normalized spacial score (nSPS) is 19.9. The van der Waals surface area contributed by atoms with E-state index < -0.39 is 12.1 Å². The summed E-state index contributed by atoms with van der Waals surface area (Å²) in [5.41, 5.74) is 1.68. The Hall–Kier alpha value is -1.96. The lowest BCUT2D eigenvalue weighted by atomic mass is 9.99. The van der Waals surface area contributed by atoms with E-state index in [4.69, 9.17) is 16.3 Å². The van der Waals surface area contributed by atoms with E-state index in [0.29, 0.717) is 23.6 Å². The number of ether oxygens (including phenoxy) is 1. The van der Waals surface area contributed by atoms with Gasteiger partial charge in [-0.3, -0.25) is 9.59 Å². The van der Waals surface area contributed by atoms with Crippen molar-refractivity contribution in [2.75, 3.05) is 13.2 Å². The first-order valence-corrected chi connectivity index (χ1v) is 9.51. The average Bonchev–Trinajstić information content (AvgIpc) is 2.93. The number of benzene rings is 1. The second-order valence-corrected chi connectivity index (χ2v) is 7.78. The average molecular weight is 394 g/mol. The molecule has 138 valence electrons. The van der Waals surface area contributed by atoms with Gasteiger partial charge in [0.15, 0.2) is 6.10 Å². The molecular weight excluding hydrogens is 374 g/mol. The van der Waals surface area contributed by atoms with Gasteiger partial charge in [-0.05, 0) is 25.5 Å². The lowest BCUT2D eigenvalue weighted by Crippen LogP contribution is -2.52. The molecule has 2 heterocycles. The summed E-state index contributed by atoms with van der Waals surface area (Å²) in [4.78, 5) is 30.0. The number of rotatable bonds is 5. The Morgan fingerprint density at radius 1 is 1.42 bits per heavy atom. The summed E-state index contributed by atoms with van der Waals surface area (Å²) in [7, 11) is 0. The minimum Gasteiger partial charge on any atom is -0.356 e. The molecule has 1 aliphatic heterocycles. The Labute approximate surface area is 160 Å². The number of hydrogen-bond acceptors (Lipinski definition) is 5. The number of aryl methyl sites for hydroxylation is 2. The predicted molar refractivity (Wildman–Crippen MR) is 100 cm³/mol. The molecule has 2 aromatic rings. The van der Waals surface area contributed by atoms with Gasteiger partial charge in [-0.15, -0.1) is 11.3 Å². The fourth-order valence-electron chi connectivity index (χ4n) is 2.79. The Kier molecular flexibility index (Phi) is 5.90. The molecule has 0 radical (unpaired) electrons. The quantitative estimate of drug-likeness (QED) is 0.817. The van der Waals surface area contributed by atoms with Crippen LogP contribution in [-0.2, 0) is 20.7 Å². The van der Waals surface area contributed by atoms with Crippen LogP contribution < -0.4 is 10.6 Å². The van der Waals surface area contributed by atoms with Gasteiger partial charge in [-0.1, -0.05) is 29.8 Å². The number of hydrogen-bond donors (Lipinski definition) is 2. The van der Waals surface area contributed by atoms with Crippen molar-refractivity contribution < 1.29 is 14.3 Å². The third-order valence-electron chi connectivity index (χ3n) is 4.22. The molecule has 2 N–H and O–H groups in total. The topological polar surface area (TPSA) is 80.3 Å². The smallest absolute Gasteiger partial charge is 0.251 e. The van der Waals surface area contributed by atoms with Gasteiger partial charge < -0.3 is 15.4 Å². The highest BCUT2D eigenvalue weighted by atomic mass is 35.5. The molecule has 3 rings (SSSR count). The summed E-state index contributed by atoms with van der Waals surface area (Å²) in [6.07, 6.45) is -0.173. The third-order valence-corrected chi connectivity index (χ3v) is 5.70. The molecule has 1 aliphatic rings. The highest BCUT2D eigenvalue weighted by molar-refractivity contribution is 7.11. The maximum absolute atomic E-state index is 12.6.